The Kier molecular flexibility index (Phi) is 4.87. The zero-order valence-corrected chi connectivity index (χ0v) is 13.1. The number of anilines is 1. The molecule has 22 heavy (non-hydrogen) atoms. The highest BCUT2D eigenvalue weighted by molar-refractivity contribution is 5.92. The highest BCUT2D eigenvalue weighted by atomic mass is 16.5. The largest absolute Gasteiger partial charge is 0.378 e. The number of piperidine rings is 1. The smallest absolute Gasteiger partial charge is 0.271 e. The van der Waals surface area contributed by atoms with Crippen molar-refractivity contribution >= 4 is 11.7 Å². The van der Waals surface area contributed by atoms with Gasteiger partial charge in [0.15, 0.2) is 11.5 Å². The molecule has 1 saturated carbocycles. The normalized spacial score (nSPS) is 19.2. The van der Waals surface area contributed by atoms with Gasteiger partial charge >= 0.3 is 0 Å². The van der Waals surface area contributed by atoms with Gasteiger partial charge in [0, 0.05) is 26.2 Å². The van der Waals surface area contributed by atoms with Gasteiger partial charge in [-0.1, -0.05) is 0 Å². The van der Waals surface area contributed by atoms with E-state index in [-0.39, 0.29) is 5.91 Å². The molecule has 0 atom stereocenters. The second-order valence-corrected chi connectivity index (χ2v) is 6.10. The van der Waals surface area contributed by atoms with E-state index in [4.69, 9.17) is 4.74 Å². The molecule has 0 aromatic carbocycles. The Morgan fingerprint density at radius 3 is 2.64 bits per heavy atom. The molecule has 3 rings (SSSR count). The number of ether oxygens (including phenoxy) is 1. The monoisotopic (exact) mass is 304 g/mol. The lowest BCUT2D eigenvalue weighted by atomic mass is 10.1. The highest BCUT2D eigenvalue weighted by Crippen LogP contribution is 2.30. The van der Waals surface area contributed by atoms with Crippen molar-refractivity contribution < 1.29 is 9.53 Å². The van der Waals surface area contributed by atoms with Crippen LogP contribution in [0.2, 0.25) is 0 Å². The summed E-state index contributed by atoms with van der Waals surface area (Å²) in [6, 6.07) is 3.62. The van der Waals surface area contributed by atoms with Crippen molar-refractivity contribution in [1.29, 1.82) is 0 Å². The second kappa shape index (κ2) is 7.05. The molecular weight excluding hydrogens is 280 g/mol. The van der Waals surface area contributed by atoms with Gasteiger partial charge in [0.05, 0.1) is 6.10 Å². The van der Waals surface area contributed by atoms with Gasteiger partial charge in [-0.2, -0.15) is 0 Å². The minimum Gasteiger partial charge on any atom is -0.378 e. The Labute approximate surface area is 131 Å². The number of nitrogens with zero attached hydrogens (tertiary/aromatic N) is 3. The molecular formula is C16H24N4O2. The fourth-order valence-electron chi connectivity index (χ4n) is 2.67. The second-order valence-electron chi connectivity index (χ2n) is 6.10. The first-order valence-corrected chi connectivity index (χ1v) is 8.24. The molecule has 1 aromatic heterocycles. The summed E-state index contributed by atoms with van der Waals surface area (Å²) in [6.07, 6.45) is 5.14. The molecule has 1 saturated heterocycles. The Bertz CT molecular complexity index is 493. The molecule has 2 fully saturated rings. The van der Waals surface area contributed by atoms with Crippen LogP contribution in [0.4, 0.5) is 5.82 Å². The molecule has 1 aliphatic heterocycles. The van der Waals surface area contributed by atoms with Crippen molar-refractivity contribution in [3.8, 4) is 0 Å². The molecule has 0 bridgehead atoms. The molecule has 6 heteroatoms. The third-order valence-corrected chi connectivity index (χ3v) is 4.25. The van der Waals surface area contributed by atoms with E-state index in [1.165, 1.54) is 12.8 Å². The third-order valence-electron chi connectivity index (χ3n) is 4.25. The topological polar surface area (TPSA) is 67.4 Å². The van der Waals surface area contributed by atoms with Crippen LogP contribution >= 0.6 is 0 Å². The maximum absolute atomic E-state index is 11.7. The zero-order chi connectivity index (χ0) is 15.4. The Hall–Kier alpha value is -1.69. The van der Waals surface area contributed by atoms with Crippen LogP contribution in [-0.4, -0.2) is 48.4 Å². The summed E-state index contributed by atoms with van der Waals surface area (Å²) in [6.45, 7) is 5.28. The molecule has 120 valence electrons. The van der Waals surface area contributed by atoms with Gasteiger partial charge in [-0.25, -0.2) is 0 Å². The molecule has 1 aromatic rings. The average molecular weight is 304 g/mol. The molecule has 0 unspecified atom stereocenters. The Balaban J connectivity index is 1.48. The SMILES string of the molecule is CCNC(=O)c1ccc(N2CCC(OCC3CC3)CC2)nn1. The van der Waals surface area contributed by atoms with Crippen LogP contribution in [0.25, 0.3) is 0 Å². The summed E-state index contributed by atoms with van der Waals surface area (Å²) in [7, 11) is 0. The van der Waals surface area contributed by atoms with Crippen LogP contribution in [0.1, 0.15) is 43.1 Å². The molecule has 1 amide bonds. The van der Waals surface area contributed by atoms with Crippen LogP contribution < -0.4 is 10.2 Å². The molecule has 2 heterocycles. The van der Waals surface area contributed by atoms with Crippen molar-refractivity contribution in [2.75, 3.05) is 31.1 Å². The predicted octanol–water partition coefficient (Wildman–Crippen LogP) is 1.62. The number of rotatable bonds is 6. The number of hydrogen-bond donors (Lipinski definition) is 1. The van der Waals surface area contributed by atoms with Crippen LogP contribution in [0.5, 0.6) is 0 Å². The zero-order valence-electron chi connectivity index (χ0n) is 13.1. The number of carbonyl (C=O) groups is 1. The van der Waals surface area contributed by atoms with Gasteiger partial charge in [0.2, 0.25) is 0 Å². The quantitative estimate of drug-likeness (QED) is 0.865. The standard InChI is InChI=1S/C16H24N4O2/c1-2-17-16(21)14-5-6-15(19-18-14)20-9-7-13(8-10-20)22-11-12-3-4-12/h5-6,12-13H,2-4,7-11H2,1H3,(H,17,21). The van der Waals surface area contributed by atoms with Crippen molar-refractivity contribution in [2.24, 2.45) is 5.92 Å². The fraction of sp³-hybridized carbons (Fsp3) is 0.688. The number of hydrogen-bond acceptors (Lipinski definition) is 5. The van der Waals surface area contributed by atoms with Crippen molar-refractivity contribution in [2.45, 2.75) is 38.7 Å². The summed E-state index contributed by atoms with van der Waals surface area (Å²) in [4.78, 5) is 13.9. The Morgan fingerprint density at radius 2 is 2.05 bits per heavy atom. The summed E-state index contributed by atoms with van der Waals surface area (Å²) < 4.78 is 5.95. The van der Waals surface area contributed by atoms with Crippen molar-refractivity contribution in [3.63, 3.8) is 0 Å². The van der Waals surface area contributed by atoms with Gasteiger partial charge < -0.3 is 15.0 Å². The summed E-state index contributed by atoms with van der Waals surface area (Å²) >= 11 is 0. The Morgan fingerprint density at radius 1 is 1.27 bits per heavy atom. The minimum absolute atomic E-state index is 0.172. The molecule has 2 aliphatic rings. The molecule has 1 aliphatic carbocycles. The van der Waals surface area contributed by atoms with Gasteiger partial charge in [0.25, 0.3) is 5.91 Å². The minimum atomic E-state index is -0.172. The maximum Gasteiger partial charge on any atom is 0.271 e. The van der Waals surface area contributed by atoms with Gasteiger partial charge in [-0.05, 0) is 50.7 Å². The average Bonchev–Trinajstić information content (AvgIpc) is 3.38. The van der Waals surface area contributed by atoms with Crippen LogP contribution in [-0.2, 0) is 4.74 Å². The maximum atomic E-state index is 11.7. The molecule has 0 radical (unpaired) electrons. The molecule has 1 N–H and O–H groups in total. The molecule has 6 nitrogen and oxygen atoms in total. The lowest BCUT2D eigenvalue weighted by molar-refractivity contribution is 0.0304. The first-order chi connectivity index (χ1) is 10.8. The van der Waals surface area contributed by atoms with E-state index in [2.05, 4.69) is 20.4 Å². The number of aromatic nitrogens is 2. The first-order valence-electron chi connectivity index (χ1n) is 8.24. The number of nitrogens with one attached hydrogen (secondary N) is 1. The van der Waals surface area contributed by atoms with E-state index in [0.29, 0.717) is 18.3 Å². The summed E-state index contributed by atoms with van der Waals surface area (Å²) in [5.41, 5.74) is 0.369. The highest BCUT2D eigenvalue weighted by Gasteiger charge is 2.25. The van der Waals surface area contributed by atoms with E-state index in [1.807, 2.05) is 13.0 Å². The van der Waals surface area contributed by atoms with E-state index in [1.54, 1.807) is 6.07 Å². The van der Waals surface area contributed by atoms with E-state index in [9.17, 15) is 4.79 Å². The number of amides is 1. The fourth-order valence-corrected chi connectivity index (χ4v) is 2.67. The van der Waals surface area contributed by atoms with E-state index < -0.39 is 0 Å². The summed E-state index contributed by atoms with van der Waals surface area (Å²) in [5, 5.41) is 10.9. The van der Waals surface area contributed by atoms with Gasteiger partial charge in [-0.15, -0.1) is 10.2 Å². The molecule has 0 spiro atoms. The third kappa shape index (κ3) is 3.94. The lowest BCUT2D eigenvalue weighted by Gasteiger charge is -2.32. The van der Waals surface area contributed by atoms with Crippen LogP contribution in [0.3, 0.4) is 0 Å². The predicted molar refractivity (Wildman–Crippen MR) is 84.0 cm³/mol. The first kappa shape index (κ1) is 15.2. The number of carbonyl (C=O) groups excluding carboxylic acids is 1. The van der Waals surface area contributed by atoms with E-state index >= 15 is 0 Å². The van der Waals surface area contributed by atoms with Gasteiger partial charge in [0.1, 0.15) is 0 Å². The van der Waals surface area contributed by atoms with Crippen LogP contribution in [0, 0.1) is 5.92 Å². The summed E-state index contributed by atoms with van der Waals surface area (Å²) in [5.74, 6) is 1.49. The van der Waals surface area contributed by atoms with Crippen LogP contribution in [0.15, 0.2) is 12.1 Å². The van der Waals surface area contributed by atoms with Gasteiger partial charge in [-0.3, -0.25) is 4.79 Å². The van der Waals surface area contributed by atoms with E-state index in [0.717, 1.165) is 44.3 Å². The van der Waals surface area contributed by atoms with Crippen molar-refractivity contribution in [3.05, 3.63) is 17.8 Å². The lowest BCUT2D eigenvalue weighted by Crippen LogP contribution is -2.38. The van der Waals surface area contributed by atoms with Crippen molar-refractivity contribution in [1.82, 2.24) is 15.5 Å².